The van der Waals surface area contributed by atoms with Crippen LogP contribution in [0.15, 0.2) is 0 Å². The Morgan fingerprint density at radius 2 is 1.85 bits per heavy atom. The zero-order chi connectivity index (χ0) is 23.7. The van der Waals surface area contributed by atoms with Crippen LogP contribution in [0.25, 0.3) is 0 Å². The quantitative estimate of drug-likeness (QED) is 0.497. The summed E-state index contributed by atoms with van der Waals surface area (Å²) in [6.45, 7) is 13.7. The van der Waals surface area contributed by atoms with Gasteiger partial charge in [-0.3, -0.25) is 9.69 Å². The van der Waals surface area contributed by atoms with Crippen molar-refractivity contribution in [3.8, 4) is 0 Å². The first-order valence-electron chi connectivity index (χ1n) is 14.7. The van der Waals surface area contributed by atoms with Gasteiger partial charge in [-0.25, -0.2) is 0 Å². The van der Waals surface area contributed by atoms with Gasteiger partial charge in [0.2, 0.25) is 0 Å². The lowest BCUT2D eigenvalue weighted by Crippen LogP contribution is -2.68. The molecule has 11 atom stereocenters. The molecule has 5 saturated heterocycles. The molecular formula is C30H47NO3. The maximum absolute atomic E-state index is 14.1. The SMILES string of the molecule is CC(C)[C@H]1CC[C@@]2(C)[C@H]3CC[C@]45CCC[C@H]4[C@@]2(CCC(=O)[C@]2(C)CO[C@@]4(C)CC[C@@H]2O4)[C@H]1N5C3. The van der Waals surface area contributed by atoms with Gasteiger partial charge >= 0.3 is 0 Å². The van der Waals surface area contributed by atoms with Crippen molar-refractivity contribution in [2.45, 2.75) is 129 Å². The highest BCUT2D eigenvalue weighted by molar-refractivity contribution is 5.85. The Kier molecular flexibility index (Phi) is 4.61. The number of fused-ring (bicyclic) bond motifs is 4. The molecule has 1 unspecified atom stereocenters. The smallest absolute Gasteiger partial charge is 0.166 e. The van der Waals surface area contributed by atoms with Crippen molar-refractivity contribution in [2.24, 2.45) is 39.9 Å². The van der Waals surface area contributed by atoms with Crippen molar-refractivity contribution < 1.29 is 14.3 Å². The van der Waals surface area contributed by atoms with Crippen molar-refractivity contribution in [3.05, 3.63) is 0 Å². The number of hydrogen-bond donors (Lipinski definition) is 0. The minimum atomic E-state index is -0.473. The maximum Gasteiger partial charge on any atom is 0.166 e. The fourth-order valence-corrected chi connectivity index (χ4v) is 11.6. The third-order valence-corrected chi connectivity index (χ3v) is 13.4. The molecule has 0 aromatic rings. The van der Waals surface area contributed by atoms with E-state index in [1.165, 1.54) is 51.5 Å². The van der Waals surface area contributed by atoms with Crippen molar-refractivity contribution >= 4 is 5.78 Å². The molecule has 0 aromatic heterocycles. The third-order valence-electron chi connectivity index (χ3n) is 13.4. The predicted molar refractivity (Wildman–Crippen MR) is 132 cm³/mol. The molecule has 2 saturated carbocycles. The summed E-state index contributed by atoms with van der Waals surface area (Å²) in [5, 5.41) is 0. The highest BCUT2D eigenvalue weighted by Crippen LogP contribution is 2.79. The molecule has 7 rings (SSSR count). The Morgan fingerprint density at radius 3 is 2.65 bits per heavy atom. The normalized spacial score (nSPS) is 59.0. The average Bonchev–Trinajstić information content (AvgIpc) is 3.41. The van der Waals surface area contributed by atoms with Crippen LogP contribution in [-0.2, 0) is 14.3 Å². The summed E-state index contributed by atoms with van der Waals surface area (Å²) in [6.07, 6.45) is 13.6. The number of Topliss-reactive ketones (excluding diaryl/α,β-unsaturated/α-hetero) is 1. The van der Waals surface area contributed by atoms with Gasteiger partial charge in [-0.2, -0.15) is 0 Å². The second-order valence-electron chi connectivity index (χ2n) is 14.7. The van der Waals surface area contributed by atoms with Crippen molar-refractivity contribution in [2.75, 3.05) is 13.2 Å². The van der Waals surface area contributed by atoms with E-state index in [2.05, 4.69) is 39.5 Å². The zero-order valence-corrected chi connectivity index (χ0v) is 22.3. The minimum absolute atomic E-state index is 0.0372. The first-order valence-corrected chi connectivity index (χ1v) is 14.7. The molecule has 0 amide bonds. The van der Waals surface area contributed by atoms with Gasteiger partial charge in [0.1, 0.15) is 5.78 Å². The molecule has 0 aromatic carbocycles. The Bertz CT molecular complexity index is 903. The topological polar surface area (TPSA) is 38.8 Å². The lowest BCUT2D eigenvalue weighted by atomic mass is 9.42. The lowest BCUT2D eigenvalue weighted by molar-refractivity contribution is -0.282. The Hall–Kier alpha value is -0.450. The van der Waals surface area contributed by atoms with E-state index in [0.29, 0.717) is 34.8 Å². The molecule has 7 fully saturated rings. The van der Waals surface area contributed by atoms with Gasteiger partial charge in [-0.05, 0) is 99.7 Å². The summed E-state index contributed by atoms with van der Waals surface area (Å²) in [7, 11) is 0. The minimum Gasteiger partial charge on any atom is -0.349 e. The van der Waals surface area contributed by atoms with Gasteiger partial charge in [0.15, 0.2) is 5.79 Å². The van der Waals surface area contributed by atoms with Crippen molar-refractivity contribution in [3.63, 3.8) is 0 Å². The van der Waals surface area contributed by atoms with Crippen LogP contribution in [0.5, 0.6) is 0 Å². The number of ketones is 1. The lowest BCUT2D eigenvalue weighted by Gasteiger charge is -2.67. The molecule has 0 N–H and O–H groups in total. The van der Waals surface area contributed by atoms with Gasteiger partial charge in [0.25, 0.3) is 0 Å². The number of piperidine rings is 2. The van der Waals surface area contributed by atoms with Crippen LogP contribution in [0.1, 0.15) is 105 Å². The number of nitrogens with zero attached hydrogens (tertiary/aromatic N) is 1. The molecule has 1 spiro atoms. The largest absolute Gasteiger partial charge is 0.349 e. The number of ether oxygens (including phenoxy) is 2. The fourth-order valence-electron chi connectivity index (χ4n) is 11.6. The molecule has 7 bridgehead atoms. The summed E-state index contributed by atoms with van der Waals surface area (Å²) in [5.74, 6) is 3.11. The second-order valence-corrected chi connectivity index (χ2v) is 14.7. The molecule has 0 radical (unpaired) electrons. The molecule has 190 valence electrons. The van der Waals surface area contributed by atoms with Crippen molar-refractivity contribution in [1.29, 1.82) is 0 Å². The molecule has 34 heavy (non-hydrogen) atoms. The van der Waals surface area contributed by atoms with Crippen LogP contribution in [0.4, 0.5) is 0 Å². The van der Waals surface area contributed by atoms with Crippen LogP contribution >= 0.6 is 0 Å². The Balaban J connectivity index is 1.26. The molecule has 5 heterocycles. The van der Waals surface area contributed by atoms with Crippen LogP contribution in [0.3, 0.4) is 0 Å². The fraction of sp³-hybridized carbons (Fsp3) is 0.967. The monoisotopic (exact) mass is 469 g/mol. The van der Waals surface area contributed by atoms with Gasteiger partial charge in [0, 0.05) is 31.0 Å². The molecule has 4 nitrogen and oxygen atoms in total. The predicted octanol–water partition coefficient (Wildman–Crippen LogP) is 5.97. The van der Waals surface area contributed by atoms with Gasteiger partial charge in [-0.15, -0.1) is 0 Å². The number of carbonyl (C=O) groups excluding carboxylic acids is 1. The van der Waals surface area contributed by atoms with E-state index in [4.69, 9.17) is 9.47 Å². The van der Waals surface area contributed by atoms with E-state index in [1.54, 1.807) is 0 Å². The van der Waals surface area contributed by atoms with E-state index in [9.17, 15) is 4.79 Å². The zero-order valence-electron chi connectivity index (χ0n) is 22.3. The van der Waals surface area contributed by atoms with Crippen molar-refractivity contribution in [1.82, 2.24) is 4.90 Å². The van der Waals surface area contributed by atoms with Crippen LogP contribution in [0.2, 0.25) is 0 Å². The van der Waals surface area contributed by atoms with Crippen LogP contribution in [0, 0.1) is 39.9 Å². The highest BCUT2D eigenvalue weighted by Gasteiger charge is 2.79. The number of hydrogen-bond acceptors (Lipinski definition) is 4. The summed E-state index contributed by atoms with van der Waals surface area (Å²) < 4.78 is 12.4. The standard InChI is InChI=1S/C30H47NO3/c1-19(2)21-9-13-27(4)20-8-15-29-12-6-7-22(29)30(27,25(21)31(29)17-20)16-10-23(32)26(3)18-33-28(5)14-11-24(26)34-28/h19-22,24-25H,6-18H2,1-5H3/t20-,21+,22+,24-,25-,26-,27-,28+,29+,30-/m0/s1. The molecule has 4 heteroatoms. The van der Waals surface area contributed by atoms with Gasteiger partial charge in [0.05, 0.1) is 18.1 Å². The molecular weight excluding hydrogens is 422 g/mol. The number of rotatable bonds is 5. The Morgan fingerprint density at radius 1 is 1.03 bits per heavy atom. The Labute approximate surface area is 206 Å². The first kappa shape index (κ1) is 22.7. The summed E-state index contributed by atoms with van der Waals surface area (Å²) in [4.78, 5) is 17.2. The van der Waals surface area contributed by atoms with Gasteiger partial charge < -0.3 is 9.47 Å². The summed E-state index contributed by atoms with van der Waals surface area (Å²) >= 11 is 0. The van der Waals surface area contributed by atoms with Crippen LogP contribution in [-0.4, -0.2) is 47.3 Å². The number of carbonyl (C=O) groups is 1. The maximum atomic E-state index is 14.1. The van der Waals surface area contributed by atoms with E-state index < -0.39 is 11.2 Å². The van der Waals surface area contributed by atoms with E-state index >= 15 is 0 Å². The van der Waals surface area contributed by atoms with Crippen LogP contribution < -0.4 is 0 Å². The summed E-state index contributed by atoms with van der Waals surface area (Å²) in [5.41, 5.74) is 0.704. The van der Waals surface area contributed by atoms with E-state index in [0.717, 1.165) is 49.4 Å². The molecule has 2 aliphatic carbocycles. The summed E-state index contributed by atoms with van der Waals surface area (Å²) in [6, 6.07) is 0.697. The average molecular weight is 470 g/mol. The third kappa shape index (κ3) is 2.45. The first-order chi connectivity index (χ1) is 16.1. The van der Waals surface area contributed by atoms with E-state index in [1.807, 2.05) is 0 Å². The molecule has 5 aliphatic heterocycles. The van der Waals surface area contributed by atoms with E-state index in [-0.39, 0.29) is 6.10 Å². The highest BCUT2D eigenvalue weighted by atomic mass is 16.7. The molecule has 7 aliphatic rings. The second kappa shape index (κ2) is 6.90. The van der Waals surface area contributed by atoms with Gasteiger partial charge in [-0.1, -0.05) is 27.2 Å².